The van der Waals surface area contributed by atoms with Gasteiger partial charge < -0.3 is 23.8 Å². The number of amides is 1. The first kappa shape index (κ1) is 26.6. The quantitative estimate of drug-likeness (QED) is 0.411. The number of carbonyl (C=O) groups is 1. The summed E-state index contributed by atoms with van der Waals surface area (Å²) < 4.78 is 23.6. The maximum absolute atomic E-state index is 12.9. The molecule has 0 saturated carbocycles. The van der Waals surface area contributed by atoms with Crippen molar-refractivity contribution in [2.75, 3.05) is 20.8 Å². The predicted octanol–water partition coefficient (Wildman–Crippen LogP) is 5.23. The van der Waals surface area contributed by atoms with E-state index in [0.717, 1.165) is 11.1 Å². The molecule has 0 aliphatic heterocycles. The molecule has 6 nitrogen and oxygen atoms in total. The van der Waals surface area contributed by atoms with Gasteiger partial charge in [0, 0.05) is 14.2 Å². The average molecular weight is 456 g/mol. The number of carbonyl (C=O) groups excluding carboxylic acids is 1. The first-order chi connectivity index (χ1) is 15.7. The molecule has 180 valence electrons. The highest BCUT2D eigenvalue weighted by Crippen LogP contribution is 2.21. The number of likely N-dealkylation sites (N-methyl/N-ethyl adjacent to an activating group) is 1. The van der Waals surface area contributed by atoms with Gasteiger partial charge in [-0.05, 0) is 31.9 Å². The molecular weight excluding hydrogens is 418 g/mol. The van der Waals surface area contributed by atoms with Crippen LogP contribution in [-0.2, 0) is 32.2 Å². The standard InChI is InChI=1S/C27H37NO5/c1-7-24(31-18-21-14-10-8-11-15-21)25(32-19-22-16-12-9-13-17-22)23(20-30-6)28(5)26(29)33-27(2,3)4/h7-17,23-25H,1,18-20H2,2-6H3/t23-,24+,25-/m1/s1. The van der Waals surface area contributed by atoms with Gasteiger partial charge in [0.2, 0.25) is 0 Å². The van der Waals surface area contributed by atoms with Crippen LogP contribution in [-0.4, -0.2) is 55.6 Å². The van der Waals surface area contributed by atoms with Crippen molar-refractivity contribution < 1.29 is 23.7 Å². The molecule has 0 saturated heterocycles. The van der Waals surface area contributed by atoms with E-state index in [1.807, 2.05) is 81.4 Å². The third kappa shape index (κ3) is 9.00. The van der Waals surface area contributed by atoms with Crippen molar-refractivity contribution in [3.63, 3.8) is 0 Å². The predicted molar refractivity (Wildman–Crippen MR) is 130 cm³/mol. The van der Waals surface area contributed by atoms with Gasteiger partial charge in [0.05, 0.1) is 25.9 Å². The van der Waals surface area contributed by atoms with Crippen molar-refractivity contribution in [3.05, 3.63) is 84.4 Å². The summed E-state index contributed by atoms with van der Waals surface area (Å²) in [4.78, 5) is 14.4. The van der Waals surface area contributed by atoms with Crippen LogP contribution in [0.15, 0.2) is 73.3 Å². The normalized spacial score (nSPS) is 14.2. The number of ether oxygens (including phenoxy) is 4. The maximum atomic E-state index is 12.9. The lowest BCUT2D eigenvalue weighted by molar-refractivity contribution is -0.109. The van der Waals surface area contributed by atoms with Crippen LogP contribution in [0.5, 0.6) is 0 Å². The van der Waals surface area contributed by atoms with E-state index in [9.17, 15) is 4.79 Å². The van der Waals surface area contributed by atoms with Crippen LogP contribution < -0.4 is 0 Å². The minimum Gasteiger partial charge on any atom is -0.444 e. The van der Waals surface area contributed by atoms with Crippen molar-refractivity contribution in [1.82, 2.24) is 4.90 Å². The lowest BCUT2D eigenvalue weighted by atomic mass is 10.0. The highest BCUT2D eigenvalue weighted by atomic mass is 16.6. The average Bonchev–Trinajstić information content (AvgIpc) is 2.79. The summed E-state index contributed by atoms with van der Waals surface area (Å²) in [7, 11) is 3.28. The van der Waals surface area contributed by atoms with E-state index < -0.39 is 29.9 Å². The zero-order valence-corrected chi connectivity index (χ0v) is 20.4. The molecule has 0 N–H and O–H groups in total. The van der Waals surface area contributed by atoms with Crippen molar-refractivity contribution in [2.45, 2.75) is 57.8 Å². The van der Waals surface area contributed by atoms with Crippen LogP contribution in [0.3, 0.4) is 0 Å². The fourth-order valence-corrected chi connectivity index (χ4v) is 3.32. The fourth-order valence-electron chi connectivity index (χ4n) is 3.32. The summed E-state index contributed by atoms with van der Waals surface area (Å²) in [6.45, 7) is 10.5. The van der Waals surface area contributed by atoms with Gasteiger partial charge >= 0.3 is 6.09 Å². The second kappa shape index (κ2) is 13.1. The molecule has 2 rings (SSSR count). The highest BCUT2D eigenvalue weighted by Gasteiger charge is 2.36. The van der Waals surface area contributed by atoms with Crippen molar-refractivity contribution in [2.24, 2.45) is 0 Å². The van der Waals surface area contributed by atoms with E-state index >= 15 is 0 Å². The molecule has 0 bridgehead atoms. The van der Waals surface area contributed by atoms with Gasteiger partial charge in [0.1, 0.15) is 17.8 Å². The van der Waals surface area contributed by atoms with E-state index in [4.69, 9.17) is 18.9 Å². The van der Waals surface area contributed by atoms with Gasteiger partial charge in [-0.3, -0.25) is 0 Å². The summed E-state index contributed by atoms with van der Waals surface area (Å²) >= 11 is 0. The molecule has 0 aliphatic carbocycles. The number of hydrogen-bond acceptors (Lipinski definition) is 5. The van der Waals surface area contributed by atoms with E-state index in [2.05, 4.69) is 6.58 Å². The van der Waals surface area contributed by atoms with Gasteiger partial charge in [-0.1, -0.05) is 66.7 Å². The first-order valence-electron chi connectivity index (χ1n) is 11.1. The summed E-state index contributed by atoms with van der Waals surface area (Å²) in [5.41, 5.74) is 1.43. The van der Waals surface area contributed by atoms with Crippen LogP contribution in [0.2, 0.25) is 0 Å². The number of methoxy groups -OCH3 is 1. The summed E-state index contributed by atoms with van der Waals surface area (Å²) in [5.74, 6) is 0. The molecule has 3 atom stereocenters. The Bertz CT molecular complexity index is 835. The molecule has 2 aromatic carbocycles. The summed E-state index contributed by atoms with van der Waals surface area (Å²) in [6, 6.07) is 19.3. The van der Waals surface area contributed by atoms with Crippen LogP contribution in [0, 0.1) is 0 Å². The van der Waals surface area contributed by atoms with E-state index in [-0.39, 0.29) is 6.61 Å². The Balaban J connectivity index is 2.27. The molecule has 1 amide bonds. The van der Waals surface area contributed by atoms with E-state index in [1.54, 1.807) is 20.2 Å². The third-order valence-corrected chi connectivity index (χ3v) is 5.02. The minimum absolute atomic E-state index is 0.244. The van der Waals surface area contributed by atoms with Crippen LogP contribution in [0.25, 0.3) is 0 Å². The molecule has 2 aromatic rings. The Morgan fingerprint density at radius 2 is 1.48 bits per heavy atom. The van der Waals surface area contributed by atoms with E-state index in [1.165, 1.54) is 4.90 Å². The molecule has 0 aliphatic rings. The third-order valence-electron chi connectivity index (χ3n) is 5.02. The van der Waals surface area contributed by atoms with Gasteiger partial charge in [0.25, 0.3) is 0 Å². The Morgan fingerprint density at radius 3 is 1.94 bits per heavy atom. The largest absolute Gasteiger partial charge is 0.444 e. The Labute approximate surface area is 198 Å². The van der Waals surface area contributed by atoms with Crippen molar-refractivity contribution >= 4 is 6.09 Å². The number of nitrogens with zero attached hydrogens (tertiary/aromatic N) is 1. The molecule has 33 heavy (non-hydrogen) atoms. The van der Waals surface area contributed by atoms with Crippen molar-refractivity contribution in [3.8, 4) is 0 Å². The smallest absolute Gasteiger partial charge is 0.410 e. The Hall–Kier alpha value is -2.67. The van der Waals surface area contributed by atoms with Gasteiger partial charge in [-0.25, -0.2) is 4.79 Å². The second-order valence-corrected chi connectivity index (χ2v) is 8.87. The molecular formula is C27H37NO5. The molecule has 0 radical (unpaired) electrons. The van der Waals surface area contributed by atoms with Crippen LogP contribution in [0.1, 0.15) is 31.9 Å². The minimum atomic E-state index is -0.620. The Morgan fingerprint density at radius 1 is 0.970 bits per heavy atom. The summed E-state index contributed by atoms with van der Waals surface area (Å²) in [6.07, 6.45) is 0.232. The fraction of sp³-hybridized carbons (Fsp3) is 0.444. The molecule has 0 heterocycles. The topological polar surface area (TPSA) is 57.2 Å². The number of hydrogen-bond donors (Lipinski definition) is 0. The SMILES string of the molecule is C=C[C@H](OCc1ccccc1)[C@H](OCc1ccccc1)[C@@H](COC)N(C)C(=O)OC(C)(C)C. The second-order valence-electron chi connectivity index (χ2n) is 8.87. The van der Waals surface area contributed by atoms with Crippen LogP contribution >= 0.6 is 0 Å². The van der Waals surface area contributed by atoms with Crippen LogP contribution in [0.4, 0.5) is 4.79 Å². The molecule has 0 fully saturated rings. The lowest BCUT2D eigenvalue weighted by Gasteiger charge is -2.37. The van der Waals surface area contributed by atoms with Gasteiger partial charge in [-0.2, -0.15) is 0 Å². The van der Waals surface area contributed by atoms with Crippen molar-refractivity contribution in [1.29, 1.82) is 0 Å². The van der Waals surface area contributed by atoms with E-state index in [0.29, 0.717) is 13.2 Å². The zero-order valence-electron chi connectivity index (χ0n) is 20.4. The zero-order chi connectivity index (χ0) is 24.3. The Kier molecular flexibility index (Phi) is 10.6. The molecule has 0 unspecified atom stereocenters. The first-order valence-corrected chi connectivity index (χ1v) is 11.1. The van der Waals surface area contributed by atoms with Gasteiger partial charge in [0.15, 0.2) is 0 Å². The summed E-state index contributed by atoms with van der Waals surface area (Å²) in [5, 5.41) is 0. The number of benzene rings is 2. The molecule has 6 heteroatoms. The van der Waals surface area contributed by atoms with Gasteiger partial charge in [-0.15, -0.1) is 6.58 Å². The monoisotopic (exact) mass is 455 g/mol. The lowest BCUT2D eigenvalue weighted by Crippen LogP contribution is -2.53. The highest BCUT2D eigenvalue weighted by molar-refractivity contribution is 5.68. The maximum Gasteiger partial charge on any atom is 0.410 e. The molecule has 0 spiro atoms. The number of rotatable bonds is 12. The molecule has 0 aromatic heterocycles.